The van der Waals surface area contributed by atoms with Crippen molar-refractivity contribution in [3.8, 4) is 5.75 Å². The quantitative estimate of drug-likeness (QED) is 0.871. The van der Waals surface area contributed by atoms with Crippen molar-refractivity contribution in [3.63, 3.8) is 0 Å². The Kier molecular flexibility index (Phi) is 5.57. The maximum Gasteiger partial charge on any atom is 0.261 e. The molecule has 1 aromatic carbocycles. The minimum Gasteiger partial charge on any atom is -0.481 e. The van der Waals surface area contributed by atoms with E-state index in [9.17, 15) is 9.90 Å². The second-order valence-electron chi connectivity index (χ2n) is 5.96. The van der Waals surface area contributed by atoms with Crippen molar-refractivity contribution in [1.29, 1.82) is 0 Å². The van der Waals surface area contributed by atoms with Crippen LogP contribution in [0.25, 0.3) is 0 Å². The maximum atomic E-state index is 12.0. The topological polar surface area (TPSA) is 58.6 Å². The Bertz CT molecular complexity index is 451. The van der Waals surface area contributed by atoms with E-state index in [1.165, 1.54) is 0 Å². The van der Waals surface area contributed by atoms with Crippen molar-refractivity contribution >= 4 is 5.91 Å². The molecule has 0 bridgehead atoms. The number of aliphatic hydroxyl groups is 1. The highest BCUT2D eigenvalue weighted by atomic mass is 16.5. The molecule has 0 aromatic heterocycles. The third kappa shape index (κ3) is 4.85. The van der Waals surface area contributed by atoms with Gasteiger partial charge in [0.05, 0.1) is 6.10 Å². The highest BCUT2D eigenvalue weighted by molar-refractivity contribution is 5.81. The van der Waals surface area contributed by atoms with Gasteiger partial charge in [-0.2, -0.15) is 0 Å². The zero-order valence-corrected chi connectivity index (χ0v) is 12.9. The summed E-state index contributed by atoms with van der Waals surface area (Å²) >= 11 is 0. The average Bonchev–Trinajstić information content (AvgIpc) is 2.36. The van der Waals surface area contributed by atoms with Gasteiger partial charge in [0.2, 0.25) is 0 Å². The van der Waals surface area contributed by atoms with Gasteiger partial charge in [-0.15, -0.1) is 0 Å². The average molecular weight is 279 g/mol. The molecule has 1 amide bonds. The van der Waals surface area contributed by atoms with Crippen LogP contribution < -0.4 is 10.1 Å². The Labute approximate surface area is 121 Å². The molecule has 2 atom stereocenters. The van der Waals surface area contributed by atoms with E-state index in [0.29, 0.717) is 17.7 Å². The van der Waals surface area contributed by atoms with Gasteiger partial charge in [0.15, 0.2) is 6.10 Å². The lowest BCUT2D eigenvalue weighted by molar-refractivity contribution is -0.128. The lowest BCUT2D eigenvalue weighted by Gasteiger charge is -2.24. The normalized spacial score (nSPS) is 14.5. The largest absolute Gasteiger partial charge is 0.481 e. The molecule has 0 heterocycles. The number of carbonyl (C=O) groups excluding carboxylic acids is 1. The van der Waals surface area contributed by atoms with Gasteiger partial charge in [-0.3, -0.25) is 4.79 Å². The molecule has 0 spiro atoms. The highest BCUT2D eigenvalue weighted by Crippen LogP contribution is 2.27. The van der Waals surface area contributed by atoms with Crippen LogP contribution >= 0.6 is 0 Å². The molecule has 1 aromatic rings. The van der Waals surface area contributed by atoms with E-state index < -0.39 is 12.2 Å². The van der Waals surface area contributed by atoms with Gasteiger partial charge < -0.3 is 15.2 Å². The minimum atomic E-state index is -0.612. The van der Waals surface area contributed by atoms with Crippen LogP contribution in [0, 0.1) is 0 Å². The van der Waals surface area contributed by atoms with Crippen LogP contribution in [-0.2, 0) is 4.79 Å². The number of amides is 1. The molecule has 0 radical (unpaired) electrons. The van der Waals surface area contributed by atoms with E-state index in [4.69, 9.17) is 4.74 Å². The van der Waals surface area contributed by atoms with Crippen LogP contribution in [0.1, 0.15) is 52.7 Å². The summed E-state index contributed by atoms with van der Waals surface area (Å²) in [5.41, 5.74) is 0.419. The molecule has 0 saturated carbocycles. The van der Waals surface area contributed by atoms with Crippen LogP contribution in [0.5, 0.6) is 5.75 Å². The summed E-state index contributed by atoms with van der Waals surface area (Å²) in [6, 6.07) is 7.27. The third-order valence-electron chi connectivity index (χ3n) is 2.84. The second kappa shape index (κ2) is 6.75. The molecule has 2 N–H and O–H groups in total. The van der Waals surface area contributed by atoms with E-state index in [0.717, 1.165) is 0 Å². The minimum absolute atomic E-state index is 0.168. The van der Waals surface area contributed by atoms with E-state index in [2.05, 4.69) is 5.32 Å². The van der Waals surface area contributed by atoms with Gasteiger partial charge in [-0.1, -0.05) is 25.1 Å². The molecule has 0 saturated heterocycles. The molecule has 0 aliphatic heterocycles. The summed E-state index contributed by atoms with van der Waals surface area (Å²) in [6.45, 7) is 9.37. The zero-order valence-electron chi connectivity index (χ0n) is 12.9. The summed E-state index contributed by atoms with van der Waals surface area (Å²) in [5.74, 6) is 0.386. The van der Waals surface area contributed by atoms with E-state index in [1.807, 2.05) is 45.9 Å². The Morgan fingerprint density at radius 2 is 1.95 bits per heavy atom. The number of para-hydroxylation sites is 1. The number of hydrogen-bond donors (Lipinski definition) is 2. The molecule has 0 aliphatic carbocycles. The number of rotatable bonds is 5. The first-order valence-electron chi connectivity index (χ1n) is 7.00. The maximum absolute atomic E-state index is 12.0. The lowest BCUT2D eigenvalue weighted by atomic mass is 10.1. The summed E-state index contributed by atoms with van der Waals surface area (Å²) in [5, 5.41) is 12.8. The third-order valence-corrected chi connectivity index (χ3v) is 2.84. The van der Waals surface area contributed by atoms with Gasteiger partial charge in [-0.05, 0) is 40.2 Å². The second-order valence-corrected chi connectivity index (χ2v) is 5.96. The zero-order chi connectivity index (χ0) is 15.3. The van der Waals surface area contributed by atoms with E-state index in [-0.39, 0.29) is 11.4 Å². The van der Waals surface area contributed by atoms with Crippen molar-refractivity contribution in [3.05, 3.63) is 29.8 Å². The predicted octanol–water partition coefficient (Wildman–Crippen LogP) is 2.81. The Morgan fingerprint density at radius 1 is 1.35 bits per heavy atom. The van der Waals surface area contributed by atoms with Crippen LogP contribution in [0.4, 0.5) is 0 Å². The molecule has 1 unspecified atom stereocenters. The molecular weight excluding hydrogens is 254 g/mol. The molecular formula is C16H25NO3. The molecule has 4 heteroatoms. The number of nitrogens with one attached hydrogen (secondary N) is 1. The van der Waals surface area contributed by atoms with Crippen molar-refractivity contribution in [2.24, 2.45) is 0 Å². The summed E-state index contributed by atoms with van der Waals surface area (Å²) in [4.78, 5) is 12.0. The van der Waals surface area contributed by atoms with Crippen LogP contribution in [0.3, 0.4) is 0 Å². The van der Waals surface area contributed by atoms with E-state index >= 15 is 0 Å². The standard InChI is InChI=1S/C16H25NO3/c1-6-13(18)12-9-7-8-10-14(12)20-11(2)15(19)17-16(3,4)5/h7-11,13,18H,6H2,1-5H3,(H,17,19)/t11?,13-/m1/s1. The fourth-order valence-corrected chi connectivity index (χ4v) is 1.80. The fraction of sp³-hybridized carbons (Fsp3) is 0.562. The first-order chi connectivity index (χ1) is 9.24. The molecule has 4 nitrogen and oxygen atoms in total. The van der Waals surface area contributed by atoms with E-state index in [1.54, 1.807) is 13.0 Å². The highest BCUT2D eigenvalue weighted by Gasteiger charge is 2.22. The van der Waals surface area contributed by atoms with Crippen LogP contribution in [0.15, 0.2) is 24.3 Å². The Balaban J connectivity index is 2.80. The van der Waals surface area contributed by atoms with Crippen molar-refractivity contribution in [1.82, 2.24) is 5.32 Å². The monoisotopic (exact) mass is 279 g/mol. The van der Waals surface area contributed by atoms with Crippen LogP contribution in [-0.4, -0.2) is 22.7 Å². The molecule has 20 heavy (non-hydrogen) atoms. The summed E-state index contributed by atoms with van der Waals surface area (Å²) < 4.78 is 5.70. The first-order valence-corrected chi connectivity index (χ1v) is 7.00. The van der Waals surface area contributed by atoms with Gasteiger partial charge in [0.1, 0.15) is 5.75 Å². The number of hydrogen-bond acceptors (Lipinski definition) is 3. The van der Waals surface area contributed by atoms with Crippen molar-refractivity contribution < 1.29 is 14.6 Å². The predicted molar refractivity (Wildman–Crippen MR) is 79.7 cm³/mol. The van der Waals surface area contributed by atoms with Crippen LogP contribution in [0.2, 0.25) is 0 Å². The number of benzene rings is 1. The van der Waals surface area contributed by atoms with Gasteiger partial charge in [-0.25, -0.2) is 0 Å². The van der Waals surface area contributed by atoms with Crippen molar-refractivity contribution in [2.45, 2.75) is 58.8 Å². The molecule has 1 rings (SSSR count). The molecule has 112 valence electrons. The number of aliphatic hydroxyl groups excluding tert-OH is 1. The SMILES string of the molecule is CC[C@@H](O)c1ccccc1OC(C)C(=O)NC(C)(C)C. The fourth-order valence-electron chi connectivity index (χ4n) is 1.80. The molecule has 0 aliphatic rings. The number of ether oxygens (including phenoxy) is 1. The Hall–Kier alpha value is -1.55. The van der Waals surface area contributed by atoms with Gasteiger partial charge in [0, 0.05) is 11.1 Å². The summed E-state index contributed by atoms with van der Waals surface area (Å²) in [7, 11) is 0. The Morgan fingerprint density at radius 3 is 2.50 bits per heavy atom. The van der Waals surface area contributed by atoms with Gasteiger partial charge >= 0.3 is 0 Å². The van der Waals surface area contributed by atoms with Crippen molar-refractivity contribution in [2.75, 3.05) is 0 Å². The lowest BCUT2D eigenvalue weighted by Crippen LogP contribution is -2.46. The number of carbonyl (C=O) groups is 1. The smallest absolute Gasteiger partial charge is 0.261 e. The molecule has 0 fully saturated rings. The summed E-state index contributed by atoms with van der Waals surface area (Å²) in [6.07, 6.45) is -0.591. The van der Waals surface area contributed by atoms with Gasteiger partial charge in [0.25, 0.3) is 5.91 Å². The first kappa shape index (κ1) is 16.5.